The Hall–Kier alpha value is -2.50. The zero-order valence-corrected chi connectivity index (χ0v) is 13.0. The lowest BCUT2D eigenvalue weighted by atomic mass is 10.1. The average Bonchev–Trinajstić information content (AvgIpc) is 2.55. The molecule has 0 aliphatic rings. The number of carbonyl (C=O) groups is 2. The molecule has 0 saturated carbocycles. The Balaban J connectivity index is 2.60. The standard InChI is InChI=1S/C16H21NO5/c1-4-9-17-15(18)11-22-16(19)8-5-12-10-13(20-2)6-7-14(12)21-3/h5-8,10H,4,9,11H2,1-3H3,(H,17,18)/b8-5+. The van der Waals surface area contributed by atoms with Gasteiger partial charge in [0.2, 0.25) is 0 Å². The van der Waals surface area contributed by atoms with Gasteiger partial charge in [0.1, 0.15) is 11.5 Å². The Morgan fingerprint density at radius 1 is 1.23 bits per heavy atom. The van der Waals surface area contributed by atoms with E-state index >= 15 is 0 Å². The van der Waals surface area contributed by atoms with E-state index in [0.717, 1.165) is 6.42 Å². The number of rotatable bonds is 8. The van der Waals surface area contributed by atoms with Gasteiger partial charge in [0.25, 0.3) is 5.91 Å². The molecule has 0 radical (unpaired) electrons. The molecule has 0 bridgehead atoms. The molecule has 1 aromatic carbocycles. The van der Waals surface area contributed by atoms with Crippen molar-refractivity contribution in [3.8, 4) is 11.5 Å². The second-order valence-corrected chi connectivity index (χ2v) is 4.40. The number of esters is 1. The van der Waals surface area contributed by atoms with Gasteiger partial charge in [0.05, 0.1) is 14.2 Å². The normalized spacial score (nSPS) is 10.3. The number of nitrogens with one attached hydrogen (secondary N) is 1. The first-order chi connectivity index (χ1) is 10.6. The fourth-order valence-electron chi connectivity index (χ4n) is 1.63. The molecule has 0 aromatic heterocycles. The summed E-state index contributed by atoms with van der Waals surface area (Å²) in [5.74, 6) is 0.331. The van der Waals surface area contributed by atoms with Crippen LogP contribution in [0.2, 0.25) is 0 Å². The van der Waals surface area contributed by atoms with Gasteiger partial charge in [-0.15, -0.1) is 0 Å². The van der Waals surface area contributed by atoms with Crippen LogP contribution in [-0.2, 0) is 14.3 Å². The monoisotopic (exact) mass is 307 g/mol. The van der Waals surface area contributed by atoms with Crippen LogP contribution in [0.15, 0.2) is 24.3 Å². The minimum absolute atomic E-state index is 0.293. The van der Waals surface area contributed by atoms with Crippen molar-refractivity contribution < 1.29 is 23.8 Å². The van der Waals surface area contributed by atoms with Crippen LogP contribution in [0.4, 0.5) is 0 Å². The van der Waals surface area contributed by atoms with E-state index in [1.807, 2.05) is 6.92 Å². The van der Waals surface area contributed by atoms with E-state index in [4.69, 9.17) is 14.2 Å². The number of hydrogen-bond donors (Lipinski definition) is 1. The topological polar surface area (TPSA) is 73.9 Å². The van der Waals surface area contributed by atoms with Gasteiger partial charge < -0.3 is 19.5 Å². The molecule has 1 rings (SSSR count). The first-order valence-corrected chi connectivity index (χ1v) is 6.94. The zero-order chi connectivity index (χ0) is 16.4. The van der Waals surface area contributed by atoms with Crippen LogP contribution in [0.1, 0.15) is 18.9 Å². The summed E-state index contributed by atoms with van der Waals surface area (Å²) in [7, 11) is 3.09. The zero-order valence-electron chi connectivity index (χ0n) is 13.0. The molecule has 1 N–H and O–H groups in total. The molecule has 0 saturated heterocycles. The van der Waals surface area contributed by atoms with Crippen molar-refractivity contribution in [1.29, 1.82) is 0 Å². The molecular formula is C16H21NO5. The molecule has 22 heavy (non-hydrogen) atoms. The summed E-state index contributed by atoms with van der Waals surface area (Å²) in [5, 5.41) is 2.62. The molecule has 1 amide bonds. The van der Waals surface area contributed by atoms with Crippen LogP contribution in [0.25, 0.3) is 6.08 Å². The van der Waals surface area contributed by atoms with E-state index in [1.54, 1.807) is 31.4 Å². The number of ether oxygens (including phenoxy) is 3. The van der Waals surface area contributed by atoms with Crippen molar-refractivity contribution in [2.24, 2.45) is 0 Å². The van der Waals surface area contributed by atoms with Crippen LogP contribution in [0.5, 0.6) is 11.5 Å². The van der Waals surface area contributed by atoms with Crippen molar-refractivity contribution in [3.05, 3.63) is 29.8 Å². The Morgan fingerprint density at radius 2 is 2.00 bits per heavy atom. The maximum absolute atomic E-state index is 11.6. The van der Waals surface area contributed by atoms with E-state index in [2.05, 4.69) is 5.32 Å². The van der Waals surface area contributed by atoms with Gasteiger partial charge >= 0.3 is 5.97 Å². The maximum atomic E-state index is 11.6. The minimum atomic E-state index is -0.600. The third-order valence-corrected chi connectivity index (χ3v) is 2.75. The van der Waals surface area contributed by atoms with Crippen LogP contribution in [0.3, 0.4) is 0 Å². The number of hydrogen-bond acceptors (Lipinski definition) is 5. The molecule has 0 unspecified atom stereocenters. The van der Waals surface area contributed by atoms with Crippen molar-refractivity contribution in [2.75, 3.05) is 27.4 Å². The fraction of sp³-hybridized carbons (Fsp3) is 0.375. The summed E-state index contributed by atoms with van der Waals surface area (Å²) < 4.78 is 15.2. The molecule has 120 valence electrons. The molecule has 0 aliphatic heterocycles. The average molecular weight is 307 g/mol. The Morgan fingerprint density at radius 3 is 2.64 bits per heavy atom. The third kappa shape index (κ3) is 5.87. The van der Waals surface area contributed by atoms with Gasteiger partial charge in [-0.25, -0.2) is 4.79 Å². The SMILES string of the molecule is CCCNC(=O)COC(=O)/C=C/c1cc(OC)ccc1OC. The molecule has 1 aromatic rings. The fourth-order valence-corrected chi connectivity index (χ4v) is 1.63. The highest BCUT2D eigenvalue weighted by molar-refractivity contribution is 5.89. The largest absolute Gasteiger partial charge is 0.497 e. The predicted octanol–water partition coefficient (Wildman–Crippen LogP) is 1.79. The van der Waals surface area contributed by atoms with Gasteiger partial charge in [-0.05, 0) is 30.7 Å². The molecular weight excluding hydrogens is 286 g/mol. The molecule has 6 nitrogen and oxygen atoms in total. The lowest BCUT2D eigenvalue weighted by molar-refractivity contribution is -0.143. The molecule has 0 aliphatic carbocycles. The number of amides is 1. The lowest BCUT2D eigenvalue weighted by Crippen LogP contribution is -2.28. The van der Waals surface area contributed by atoms with Gasteiger partial charge in [0.15, 0.2) is 6.61 Å². The quantitative estimate of drug-likeness (QED) is 0.585. The van der Waals surface area contributed by atoms with Gasteiger partial charge in [-0.2, -0.15) is 0 Å². The summed E-state index contributed by atoms with van der Waals surface area (Å²) in [6.07, 6.45) is 3.62. The second kappa shape index (κ2) is 9.44. The Kier molecular flexibility index (Phi) is 7.53. The Bertz CT molecular complexity index is 539. The first kappa shape index (κ1) is 17.6. The smallest absolute Gasteiger partial charge is 0.331 e. The van der Waals surface area contributed by atoms with Crippen LogP contribution >= 0.6 is 0 Å². The molecule has 0 heterocycles. The number of benzene rings is 1. The van der Waals surface area contributed by atoms with Gasteiger partial charge in [-0.1, -0.05) is 6.92 Å². The molecule has 0 atom stereocenters. The highest BCUT2D eigenvalue weighted by atomic mass is 16.5. The van der Waals surface area contributed by atoms with Gasteiger partial charge in [-0.3, -0.25) is 4.79 Å². The molecule has 0 spiro atoms. The third-order valence-electron chi connectivity index (χ3n) is 2.75. The molecule has 6 heteroatoms. The summed E-state index contributed by atoms with van der Waals surface area (Å²) in [6.45, 7) is 2.21. The van der Waals surface area contributed by atoms with Crippen LogP contribution < -0.4 is 14.8 Å². The number of methoxy groups -OCH3 is 2. The summed E-state index contributed by atoms with van der Waals surface area (Å²) in [6, 6.07) is 5.23. The maximum Gasteiger partial charge on any atom is 0.331 e. The van der Waals surface area contributed by atoms with Crippen molar-refractivity contribution in [1.82, 2.24) is 5.32 Å². The summed E-state index contributed by atoms with van der Waals surface area (Å²) in [5.41, 5.74) is 0.675. The van der Waals surface area contributed by atoms with Crippen LogP contribution in [0, 0.1) is 0 Å². The van der Waals surface area contributed by atoms with Crippen LogP contribution in [-0.4, -0.2) is 39.2 Å². The lowest BCUT2D eigenvalue weighted by Gasteiger charge is -2.07. The van der Waals surface area contributed by atoms with E-state index in [1.165, 1.54) is 13.2 Å². The first-order valence-electron chi connectivity index (χ1n) is 6.94. The van der Waals surface area contributed by atoms with Crippen molar-refractivity contribution >= 4 is 18.0 Å². The van der Waals surface area contributed by atoms with E-state index in [9.17, 15) is 9.59 Å². The minimum Gasteiger partial charge on any atom is -0.497 e. The second-order valence-electron chi connectivity index (χ2n) is 4.40. The molecule has 0 fully saturated rings. The highest BCUT2D eigenvalue weighted by Crippen LogP contribution is 2.24. The van der Waals surface area contributed by atoms with E-state index in [0.29, 0.717) is 23.6 Å². The van der Waals surface area contributed by atoms with E-state index in [-0.39, 0.29) is 12.5 Å². The van der Waals surface area contributed by atoms with Crippen molar-refractivity contribution in [2.45, 2.75) is 13.3 Å². The highest BCUT2D eigenvalue weighted by Gasteiger charge is 2.06. The van der Waals surface area contributed by atoms with E-state index < -0.39 is 5.97 Å². The predicted molar refractivity (Wildman–Crippen MR) is 82.8 cm³/mol. The van der Waals surface area contributed by atoms with Gasteiger partial charge in [0, 0.05) is 18.2 Å². The van der Waals surface area contributed by atoms with Crippen molar-refractivity contribution in [3.63, 3.8) is 0 Å². The number of carbonyl (C=O) groups excluding carboxylic acids is 2. The Labute approximate surface area is 130 Å². The summed E-state index contributed by atoms with van der Waals surface area (Å²) >= 11 is 0. The summed E-state index contributed by atoms with van der Waals surface area (Å²) in [4.78, 5) is 22.9.